The van der Waals surface area contributed by atoms with Crippen molar-refractivity contribution in [2.45, 2.75) is 0 Å². The Bertz CT molecular complexity index is 709. The van der Waals surface area contributed by atoms with Gasteiger partial charge >= 0.3 is 0 Å². The van der Waals surface area contributed by atoms with E-state index in [9.17, 15) is 0 Å². The number of nitrogens with one attached hydrogen (secondary N) is 1. The Kier molecular flexibility index (Phi) is 2.60. The zero-order valence-electron chi connectivity index (χ0n) is 9.99. The van der Waals surface area contributed by atoms with Gasteiger partial charge in [-0.2, -0.15) is 0 Å². The molecular formula is C11H10N6O2. The number of rotatable bonds is 3. The van der Waals surface area contributed by atoms with E-state index in [4.69, 9.17) is 10.5 Å². The number of hydrogen-bond donors (Lipinski definition) is 2. The second-order valence-corrected chi connectivity index (χ2v) is 3.72. The third-order valence-corrected chi connectivity index (χ3v) is 2.49. The molecule has 0 amide bonds. The molecule has 1 aromatic carbocycles. The van der Waals surface area contributed by atoms with Crippen LogP contribution in [-0.2, 0) is 0 Å². The molecule has 2 aromatic heterocycles. The number of hydrogen-bond acceptors (Lipinski definition) is 8. The van der Waals surface area contributed by atoms with Gasteiger partial charge in [-0.3, -0.25) is 0 Å². The number of benzene rings is 1. The highest BCUT2D eigenvalue weighted by Crippen LogP contribution is 2.22. The lowest BCUT2D eigenvalue weighted by molar-refractivity contribution is 0.314. The molecule has 0 atom stereocenters. The largest absolute Gasteiger partial charge is 0.497 e. The number of fused-ring (bicyclic) bond motifs is 1. The second-order valence-electron chi connectivity index (χ2n) is 3.72. The van der Waals surface area contributed by atoms with Gasteiger partial charge in [0.15, 0.2) is 11.6 Å². The highest BCUT2D eigenvalue weighted by Gasteiger charge is 2.10. The molecule has 2 heterocycles. The molecular weight excluding hydrogens is 248 g/mol. The van der Waals surface area contributed by atoms with E-state index in [-0.39, 0.29) is 11.5 Å². The molecule has 0 unspecified atom stereocenters. The third-order valence-electron chi connectivity index (χ3n) is 2.49. The van der Waals surface area contributed by atoms with Crippen LogP contribution in [-0.4, -0.2) is 27.4 Å². The molecule has 0 aliphatic carbocycles. The molecule has 0 aliphatic heterocycles. The number of nitrogens with two attached hydrogens (primary N) is 1. The quantitative estimate of drug-likeness (QED) is 0.723. The summed E-state index contributed by atoms with van der Waals surface area (Å²) in [4.78, 5) is 8.20. The topological polar surface area (TPSA) is 112 Å². The van der Waals surface area contributed by atoms with Crippen molar-refractivity contribution in [2.24, 2.45) is 0 Å². The maximum Gasteiger partial charge on any atom is 0.245 e. The zero-order chi connectivity index (χ0) is 13.2. The number of methoxy groups -OCH3 is 1. The summed E-state index contributed by atoms with van der Waals surface area (Å²) in [5, 5.41) is 10.2. The van der Waals surface area contributed by atoms with Gasteiger partial charge in [-0.05, 0) is 34.6 Å². The molecule has 0 radical (unpaired) electrons. The fraction of sp³-hybridized carbons (Fsp3) is 0.0909. The van der Waals surface area contributed by atoms with Gasteiger partial charge in [0, 0.05) is 5.69 Å². The smallest absolute Gasteiger partial charge is 0.245 e. The van der Waals surface area contributed by atoms with Crippen molar-refractivity contribution in [2.75, 3.05) is 18.2 Å². The normalized spacial score (nSPS) is 10.6. The van der Waals surface area contributed by atoms with Gasteiger partial charge in [0.25, 0.3) is 0 Å². The Morgan fingerprint density at radius 3 is 2.47 bits per heavy atom. The van der Waals surface area contributed by atoms with Gasteiger partial charge in [0.05, 0.1) is 7.11 Å². The highest BCUT2D eigenvalue weighted by atomic mass is 16.6. The number of nitrogens with zero attached hydrogens (tertiary/aromatic N) is 4. The first-order valence-electron chi connectivity index (χ1n) is 5.43. The summed E-state index contributed by atoms with van der Waals surface area (Å²) in [5.74, 6) is 1.38. The van der Waals surface area contributed by atoms with E-state index in [1.165, 1.54) is 0 Å². The Hall–Kier alpha value is -2.90. The van der Waals surface area contributed by atoms with Gasteiger partial charge in [-0.15, -0.1) is 0 Å². The average Bonchev–Trinajstić information content (AvgIpc) is 2.87. The van der Waals surface area contributed by atoms with Gasteiger partial charge < -0.3 is 15.8 Å². The Labute approximate surface area is 107 Å². The van der Waals surface area contributed by atoms with E-state index in [2.05, 4.69) is 30.2 Å². The van der Waals surface area contributed by atoms with Crippen molar-refractivity contribution < 1.29 is 9.37 Å². The predicted octanol–water partition coefficient (Wildman–Crippen LogP) is 1.35. The third kappa shape index (κ3) is 2.10. The lowest BCUT2D eigenvalue weighted by Gasteiger charge is -2.07. The summed E-state index contributed by atoms with van der Waals surface area (Å²) in [5.41, 5.74) is 7.16. The van der Waals surface area contributed by atoms with Gasteiger partial charge in [0.2, 0.25) is 11.3 Å². The van der Waals surface area contributed by atoms with Crippen LogP contribution < -0.4 is 15.8 Å². The van der Waals surface area contributed by atoms with E-state index in [1.807, 2.05) is 24.3 Å². The minimum absolute atomic E-state index is 0.221. The van der Waals surface area contributed by atoms with Crippen LogP contribution in [0.25, 0.3) is 11.3 Å². The number of aromatic nitrogens is 4. The van der Waals surface area contributed by atoms with Crippen LogP contribution in [0.4, 0.5) is 17.3 Å². The Morgan fingerprint density at radius 1 is 1.11 bits per heavy atom. The molecule has 0 saturated carbocycles. The van der Waals surface area contributed by atoms with Crippen LogP contribution in [0.2, 0.25) is 0 Å². The van der Waals surface area contributed by atoms with Crippen molar-refractivity contribution >= 4 is 28.6 Å². The van der Waals surface area contributed by atoms with Crippen LogP contribution in [0, 0.1) is 0 Å². The summed E-state index contributed by atoms with van der Waals surface area (Å²) in [6, 6.07) is 7.32. The number of nitrogen functional groups attached to an aromatic ring is 1. The molecule has 0 saturated heterocycles. The van der Waals surface area contributed by atoms with E-state index >= 15 is 0 Å². The fourth-order valence-electron chi connectivity index (χ4n) is 1.55. The van der Waals surface area contributed by atoms with Gasteiger partial charge in [0.1, 0.15) is 5.75 Å². The number of ether oxygens (including phenoxy) is 1. The molecule has 0 bridgehead atoms. The first kappa shape index (κ1) is 11.2. The predicted molar refractivity (Wildman–Crippen MR) is 68.1 cm³/mol. The molecule has 19 heavy (non-hydrogen) atoms. The highest BCUT2D eigenvalue weighted by molar-refractivity contribution is 5.75. The van der Waals surface area contributed by atoms with E-state index in [1.54, 1.807) is 7.11 Å². The van der Waals surface area contributed by atoms with Crippen LogP contribution >= 0.6 is 0 Å². The SMILES string of the molecule is COc1ccc(Nc2nc3nonc3nc2N)cc1. The number of anilines is 3. The van der Waals surface area contributed by atoms with Crippen molar-refractivity contribution in [1.82, 2.24) is 20.3 Å². The summed E-state index contributed by atoms with van der Waals surface area (Å²) in [7, 11) is 1.61. The molecule has 96 valence electrons. The van der Waals surface area contributed by atoms with E-state index < -0.39 is 0 Å². The molecule has 0 aliphatic rings. The van der Waals surface area contributed by atoms with Crippen LogP contribution in [0.5, 0.6) is 5.75 Å². The Morgan fingerprint density at radius 2 is 1.79 bits per heavy atom. The summed E-state index contributed by atoms with van der Waals surface area (Å²) in [6.07, 6.45) is 0. The van der Waals surface area contributed by atoms with Crippen LogP contribution in [0.1, 0.15) is 0 Å². The summed E-state index contributed by atoms with van der Waals surface area (Å²) in [6.45, 7) is 0. The van der Waals surface area contributed by atoms with Crippen molar-refractivity contribution in [3.63, 3.8) is 0 Å². The minimum Gasteiger partial charge on any atom is -0.497 e. The monoisotopic (exact) mass is 258 g/mol. The second kappa shape index (κ2) is 4.41. The van der Waals surface area contributed by atoms with E-state index in [0.717, 1.165) is 11.4 Å². The van der Waals surface area contributed by atoms with Gasteiger partial charge in [-0.1, -0.05) is 0 Å². The molecule has 3 rings (SSSR count). The van der Waals surface area contributed by atoms with Crippen LogP contribution in [0.3, 0.4) is 0 Å². The summed E-state index contributed by atoms with van der Waals surface area (Å²) >= 11 is 0. The first-order chi connectivity index (χ1) is 9.26. The van der Waals surface area contributed by atoms with E-state index in [0.29, 0.717) is 11.5 Å². The molecule has 8 nitrogen and oxygen atoms in total. The molecule has 3 N–H and O–H groups in total. The minimum atomic E-state index is 0.221. The molecule has 0 fully saturated rings. The standard InChI is InChI=1S/C11H10N6O2/c1-18-7-4-2-6(3-5-7)13-9-8(12)14-10-11(15-9)17-19-16-10/h2-5H,1H3,(H2,12,14,16)(H,13,15,17). The lowest BCUT2D eigenvalue weighted by atomic mass is 10.3. The van der Waals surface area contributed by atoms with Gasteiger partial charge in [-0.25, -0.2) is 14.6 Å². The summed E-state index contributed by atoms with van der Waals surface area (Å²) < 4.78 is 9.61. The molecule has 3 aromatic rings. The Balaban J connectivity index is 1.92. The maximum absolute atomic E-state index is 5.78. The fourth-order valence-corrected chi connectivity index (χ4v) is 1.55. The van der Waals surface area contributed by atoms with Crippen molar-refractivity contribution in [3.8, 4) is 5.75 Å². The maximum atomic E-state index is 5.78. The molecule has 0 spiro atoms. The van der Waals surface area contributed by atoms with Crippen molar-refractivity contribution in [3.05, 3.63) is 24.3 Å². The average molecular weight is 258 g/mol. The van der Waals surface area contributed by atoms with Crippen molar-refractivity contribution in [1.29, 1.82) is 0 Å². The first-order valence-corrected chi connectivity index (χ1v) is 5.43. The lowest BCUT2D eigenvalue weighted by Crippen LogP contribution is -2.02. The van der Waals surface area contributed by atoms with Crippen LogP contribution in [0.15, 0.2) is 28.9 Å². The zero-order valence-corrected chi connectivity index (χ0v) is 9.99. The molecule has 8 heteroatoms.